The third kappa shape index (κ3) is 7.53. The Kier molecular flexibility index (Phi) is 9.66. The summed E-state index contributed by atoms with van der Waals surface area (Å²) in [5, 5.41) is 22.3. The van der Waals surface area contributed by atoms with E-state index in [4.69, 9.17) is 0 Å². The number of hydrogen-bond donors (Lipinski definition) is 4. The second kappa shape index (κ2) is 14.2. The number of aromatic nitrogens is 5. The lowest BCUT2D eigenvalue weighted by atomic mass is 10.2. The third-order valence-electron chi connectivity index (χ3n) is 7.69. The molecule has 44 heavy (non-hydrogen) atoms. The maximum absolute atomic E-state index is 14.1. The van der Waals surface area contributed by atoms with Gasteiger partial charge in [0, 0.05) is 76.2 Å². The van der Waals surface area contributed by atoms with Crippen molar-refractivity contribution in [3.05, 3.63) is 84.2 Å². The van der Waals surface area contributed by atoms with Crippen molar-refractivity contribution >= 4 is 27.9 Å². The Balaban J connectivity index is 0.000000374. The van der Waals surface area contributed by atoms with Gasteiger partial charge in [0.25, 0.3) is 0 Å². The maximum atomic E-state index is 14.1. The van der Waals surface area contributed by atoms with Crippen molar-refractivity contribution in [2.45, 2.75) is 25.4 Å². The minimum atomic E-state index is -0.885. The van der Waals surface area contributed by atoms with Crippen LogP contribution < -0.4 is 21.3 Å². The first-order valence-corrected chi connectivity index (χ1v) is 14.9. The SMILES string of the molecule is FC1CNCCNC1.Fc1cccc(Cn2ncc3cc(Nc4ncnn5ccc(CN6CCNCC(F)C6)c45)ccc32)c1. The monoisotopic (exact) mass is 606 g/mol. The molecule has 1 unspecified atom stereocenters. The number of nitrogens with zero attached hydrogens (tertiary/aromatic N) is 6. The molecule has 0 saturated carbocycles. The summed E-state index contributed by atoms with van der Waals surface area (Å²) in [5.41, 5.74) is 4.58. The number of rotatable bonds is 6. The van der Waals surface area contributed by atoms with Gasteiger partial charge in [-0.2, -0.15) is 10.2 Å². The topological polar surface area (TPSA) is 99.4 Å². The van der Waals surface area contributed by atoms with E-state index in [0.29, 0.717) is 45.1 Å². The van der Waals surface area contributed by atoms with E-state index < -0.39 is 12.3 Å². The highest BCUT2D eigenvalue weighted by Crippen LogP contribution is 2.27. The van der Waals surface area contributed by atoms with Gasteiger partial charge in [-0.05, 0) is 47.5 Å². The summed E-state index contributed by atoms with van der Waals surface area (Å²) in [5.74, 6) is 0.426. The number of fused-ring (bicyclic) bond motifs is 2. The molecule has 2 aromatic carbocycles. The van der Waals surface area contributed by atoms with Gasteiger partial charge < -0.3 is 21.3 Å². The van der Waals surface area contributed by atoms with Gasteiger partial charge in [-0.3, -0.25) is 9.58 Å². The molecule has 7 rings (SSSR count). The molecule has 0 amide bonds. The highest BCUT2D eigenvalue weighted by atomic mass is 19.1. The van der Waals surface area contributed by atoms with Crippen LogP contribution in [0.2, 0.25) is 0 Å². The molecule has 5 aromatic rings. The fourth-order valence-electron chi connectivity index (χ4n) is 5.56. The fourth-order valence-corrected chi connectivity index (χ4v) is 5.56. The Bertz CT molecular complexity index is 1660. The third-order valence-corrected chi connectivity index (χ3v) is 7.69. The Morgan fingerprint density at radius 3 is 2.55 bits per heavy atom. The van der Waals surface area contributed by atoms with Gasteiger partial charge >= 0.3 is 0 Å². The molecule has 2 fully saturated rings. The molecule has 5 heterocycles. The van der Waals surface area contributed by atoms with Crippen LogP contribution in [0.25, 0.3) is 16.4 Å². The first-order valence-electron chi connectivity index (χ1n) is 14.9. The fraction of sp³-hybridized carbons (Fsp3) is 0.387. The van der Waals surface area contributed by atoms with Crippen molar-refractivity contribution in [2.75, 3.05) is 57.7 Å². The number of hydrogen-bond acceptors (Lipinski definition) is 8. The Labute approximate surface area is 253 Å². The molecule has 2 aliphatic rings. The summed E-state index contributed by atoms with van der Waals surface area (Å²) in [6.45, 7) is 6.24. The molecule has 10 nitrogen and oxygen atoms in total. The van der Waals surface area contributed by atoms with Crippen molar-refractivity contribution in [2.24, 2.45) is 0 Å². The second-order valence-electron chi connectivity index (χ2n) is 11.1. The quantitative estimate of drug-likeness (QED) is 0.234. The molecule has 0 spiro atoms. The molecule has 0 radical (unpaired) electrons. The second-order valence-corrected chi connectivity index (χ2v) is 11.1. The predicted octanol–water partition coefficient (Wildman–Crippen LogP) is 3.27. The number of anilines is 2. The first kappa shape index (κ1) is 30.0. The molecule has 2 aliphatic heterocycles. The number of alkyl halides is 2. The van der Waals surface area contributed by atoms with Crippen molar-refractivity contribution < 1.29 is 13.2 Å². The molecule has 13 heteroatoms. The number of benzene rings is 2. The Morgan fingerprint density at radius 2 is 1.70 bits per heavy atom. The smallest absolute Gasteiger partial charge is 0.158 e. The zero-order chi connectivity index (χ0) is 30.3. The number of halogens is 3. The van der Waals surface area contributed by atoms with Crippen LogP contribution in [-0.4, -0.2) is 94.0 Å². The van der Waals surface area contributed by atoms with Gasteiger partial charge in [-0.15, -0.1) is 0 Å². The molecule has 2 saturated heterocycles. The average molecular weight is 607 g/mol. The molecular formula is C31H37F3N10. The highest BCUT2D eigenvalue weighted by molar-refractivity contribution is 5.85. The lowest BCUT2D eigenvalue weighted by molar-refractivity contribution is 0.211. The van der Waals surface area contributed by atoms with E-state index >= 15 is 0 Å². The van der Waals surface area contributed by atoms with E-state index in [-0.39, 0.29) is 5.82 Å². The van der Waals surface area contributed by atoms with Gasteiger partial charge in [-0.25, -0.2) is 22.7 Å². The van der Waals surface area contributed by atoms with Crippen molar-refractivity contribution in [3.63, 3.8) is 0 Å². The first-order chi connectivity index (χ1) is 21.5. The van der Waals surface area contributed by atoms with Gasteiger partial charge in [0.05, 0.1) is 18.3 Å². The molecule has 0 bridgehead atoms. The van der Waals surface area contributed by atoms with E-state index in [2.05, 4.69) is 41.3 Å². The van der Waals surface area contributed by atoms with Crippen LogP contribution in [0, 0.1) is 5.82 Å². The van der Waals surface area contributed by atoms with Crippen LogP contribution in [0.5, 0.6) is 0 Å². The largest absolute Gasteiger partial charge is 0.338 e. The minimum absolute atomic E-state index is 0.256. The summed E-state index contributed by atoms with van der Waals surface area (Å²) in [4.78, 5) is 6.63. The summed E-state index contributed by atoms with van der Waals surface area (Å²) < 4.78 is 43.7. The Hall–Kier alpha value is -4.04. The zero-order valence-corrected chi connectivity index (χ0v) is 24.4. The van der Waals surface area contributed by atoms with E-state index in [1.54, 1.807) is 16.8 Å². The molecule has 232 valence electrons. The van der Waals surface area contributed by atoms with E-state index in [0.717, 1.165) is 59.4 Å². The summed E-state index contributed by atoms with van der Waals surface area (Å²) in [6, 6.07) is 14.5. The molecular weight excluding hydrogens is 569 g/mol. The molecule has 1 atom stereocenters. The zero-order valence-electron chi connectivity index (χ0n) is 24.4. The summed E-state index contributed by atoms with van der Waals surface area (Å²) in [7, 11) is 0. The standard InChI is InChI=1S/C26H26F2N8.C5H11FN2/c27-21-3-1-2-18(10-21)14-36-24-5-4-23(11-20(24)12-31-36)33-26-25-19(6-8-35(25)32-17-30-26)15-34-9-7-29-13-22(28)16-34;6-5-3-7-1-2-8-4-5/h1-6,8,10-12,17,22,29H,7,9,13-16H2,(H,30,32,33);5,7-8H,1-4H2. The van der Waals surface area contributed by atoms with Gasteiger partial charge in [0.1, 0.15) is 30.0 Å². The Morgan fingerprint density at radius 1 is 0.886 bits per heavy atom. The normalized spacial score (nSPS) is 18.5. The van der Waals surface area contributed by atoms with E-state index in [1.807, 2.05) is 41.2 Å². The van der Waals surface area contributed by atoms with Crippen LogP contribution >= 0.6 is 0 Å². The summed E-state index contributed by atoms with van der Waals surface area (Å²) >= 11 is 0. The van der Waals surface area contributed by atoms with Crippen LogP contribution in [0.4, 0.5) is 24.7 Å². The van der Waals surface area contributed by atoms with E-state index in [9.17, 15) is 13.2 Å². The predicted molar refractivity (Wildman–Crippen MR) is 165 cm³/mol. The lowest BCUT2D eigenvalue weighted by Crippen LogP contribution is -2.30. The van der Waals surface area contributed by atoms with Crippen molar-refractivity contribution in [1.82, 2.24) is 45.2 Å². The van der Waals surface area contributed by atoms with Gasteiger partial charge in [0.2, 0.25) is 0 Å². The molecule has 0 aliphatic carbocycles. The number of nitrogens with one attached hydrogen (secondary N) is 4. The van der Waals surface area contributed by atoms with Crippen LogP contribution in [0.15, 0.2) is 67.3 Å². The maximum Gasteiger partial charge on any atom is 0.158 e. The van der Waals surface area contributed by atoms with Crippen molar-refractivity contribution in [3.8, 4) is 0 Å². The van der Waals surface area contributed by atoms with Crippen LogP contribution in [0.1, 0.15) is 11.1 Å². The molecule has 3 aromatic heterocycles. The van der Waals surface area contributed by atoms with Gasteiger partial charge in [0.15, 0.2) is 5.82 Å². The molecule has 4 N–H and O–H groups in total. The summed E-state index contributed by atoms with van der Waals surface area (Å²) in [6.07, 6.45) is 3.64. The average Bonchev–Trinajstić information content (AvgIpc) is 3.43. The highest BCUT2D eigenvalue weighted by Gasteiger charge is 2.20. The van der Waals surface area contributed by atoms with Crippen LogP contribution in [0.3, 0.4) is 0 Å². The van der Waals surface area contributed by atoms with Crippen LogP contribution in [-0.2, 0) is 13.1 Å². The van der Waals surface area contributed by atoms with E-state index in [1.165, 1.54) is 18.5 Å². The minimum Gasteiger partial charge on any atom is -0.338 e. The lowest BCUT2D eigenvalue weighted by Gasteiger charge is -2.20. The van der Waals surface area contributed by atoms with Crippen molar-refractivity contribution in [1.29, 1.82) is 0 Å². The van der Waals surface area contributed by atoms with Gasteiger partial charge in [-0.1, -0.05) is 12.1 Å².